The number of benzene rings is 1. The van der Waals surface area contributed by atoms with Gasteiger partial charge < -0.3 is 14.8 Å². The Balaban J connectivity index is 2.04. The lowest BCUT2D eigenvalue weighted by Gasteiger charge is -2.06. The van der Waals surface area contributed by atoms with Gasteiger partial charge in [-0.15, -0.1) is 0 Å². The lowest BCUT2D eigenvalue weighted by atomic mass is 10.1. The number of nitrogens with two attached hydrogens (primary N) is 1. The van der Waals surface area contributed by atoms with Gasteiger partial charge in [-0.2, -0.15) is 0 Å². The summed E-state index contributed by atoms with van der Waals surface area (Å²) < 4.78 is 5.87. The summed E-state index contributed by atoms with van der Waals surface area (Å²) in [5.41, 5.74) is 1.97. The Labute approximate surface area is 120 Å². The number of hydrogen-bond donors (Lipinski definition) is 2. The van der Waals surface area contributed by atoms with Crippen LogP contribution in [0.25, 0.3) is 11.3 Å². The van der Waals surface area contributed by atoms with Crippen molar-refractivity contribution in [1.82, 2.24) is 0 Å². The van der Waals surface area contributed by atoms with Gasteiger partial charge in [-0.25, -0.2) is 0 Å². The molecule has 3 heteroatoms. The van der Waals surface area contributed by atoms with E-state index < -0.39 is 6.10 Å². The SMILES string of the molecule is CC[C@@H](C)[NH2+]Cc1ccc(-c2ccc([C@H](C)O)cc2)o1. The minimum atomic E-state index is -0.429. The average molecular weight is 274 g/mol. The Hall–Kier alpha value is -1.58. The van der Waals surface area contributed by atoms with Crippen molar-refractivity contribution in [3.8, 4) is 11.3 Å². The fourth-order valence-corrected chi connectivity index (χ4v) is 2.05. The summed E-state index contributed by atoms with van der Waals surface area (Å²) in [6.45, 7) is 7.06. The molecule has 0 amide bonds. The largest absolute Gasteiger partial charge is 0.455 e. The molecule has 0 radical (unpaired) electrons. The molecule has 0 bridgehead atoms. The molecule has 0 aliphatic rings. The summed E-state index contributed by atoms with van der Waals surface area (Å²) in [4.78, 5) is 0. The van der Waals surface area contributed by atoms with Crippen LogP contribution in [0.2, 0.25) is 0 Å². The summed E-state index contributed by atoms with van der Waals surface area (Å²) in [6.07, 6.45) is 0.732. The van der Waals surface area contributed by atoms with Gasteiger partial charge in [0.1, 0.15) is 12.3 Å². The van der Waals surface area contributed by atoms with Gasteiger partial charge in [-0.3, -0.25) is 0 Å². The zero-order valence-corrected chi connectivity index (χ0v) is 12.5. The summed E-state index contributed by atoms with van der Waals surface area (Å²) in [6, 6.07) is 12.5. The monoisotopic (exact) mass is 274 g/mol. The van der Waals surface area contributed by atoms with Crippen LogP contribution in [0.15, 0.2) is 40.8 Å². The number of hydrogen-bond acceptors (Lipinski definition) is 2. The van der Waals surface area contributed by atoms with Crippen molar-refractivity contribution in [2.75, 3.05) is 0 Å². The van der Waals surface area contributed by atoms with Crippen molar-refractivity contribution in [1.29, 1.82) is 0 Å². The normalized spacial score (nSPS) is 14.2. The zero-order chi connectivity index (χ0) is 14.5. The molecule has 20 heavy (non-hydrogen) atoms. The van der Waals surface area contributed by atoms with Gasteiger partial charge in [0.2, 0.25) is 0 Å². The number of aliphatic hydroxyl groups excluding tert-OH is 1. The standard InChI is InChI=1S/C17H23NO2/c1-4-12(2)18-11-16-9-10-17(20-16)15-7-5-14(6-8-15)13(3)19/h5-10,12-13,18-19H,4,11H2,1-3H3/p+1/t12-,13+/m1/s1. The molecule has 0 saturated heterocycles. The van der Waals surface area contributed by atoms with E-state index in [-0.39, 0.29) is 0 Å². The van der Waals surface area contributed by atoms with Gasteiger partial charge in [0.05, 0.1) is 12.1 Å². The molecule has 3 nitrogen and oxygen atoms in total. The Morgan fingerprint density at radius 2 is 1.80 bits per heavy atom. The summed E-state index contributed by atoms with van der Waals surface area (Å²) in [5, 5.41) is 11.8. The third-order valence-corrected chi connectivity index (χ3v) is 3.70. The predicted molar refractivity (Wildman–Crippen MR) is 80.2 cm³/mol. The van der Waals surface area contributed by atoms with Crippen molar-refractivity contribution in [3.63, 3.8) is 0 Å². The molecule has 0 saturated carbocycles. The lowest BCUT2D eigenvalue weighted by molar-refractivity contribution is -0.703. The van der Waals surface area contributed by atoms with E-state index in [0.717, 1.165) is 35.6 Å². The Morgan fingerprint density at radius 3 is 2.40 bits per heavy atom. The zero-order valence-electron chi connectivity index (χ0n) is 12.5. The maximum absolute atomic E-state index is 9.51. The lowest BCUT2D eigenvalue weighted by Crippen LogP contribution is -2.87. The quantitative estimate of drug-likeness (QED) is 0.851. The molecule has 2 aromatic rings. The first kappa shape index (κ1) is 14.8. The van der Waals surface area contributed by atoms with Crippen molar-refractivity contribution in [2.24, 2.45) is 0 Å². The first-order valence-corrected chi connectivity index (χ1v) is 7.30. The van der Waals surface area contributed by atoms with Crippen LogP contribution in [0.4, 0.5) is 0 Å². The molecule has 0 aliphatic carbocycles. The molecule has 0 spiro atoms. The second-order valence-electron chi connectivity index (χ2n) is 5.39. The number of aliphatic hydroxyl groups is 1. The highest BCUT2D eigenvalue weighted by atomic mass is 16.3. The predicted octanol–water partition coefficient (Wildman–Crippen LogP) is 2.86. The minimum absolute atomic E-state index is 0.429. The molecule has 3 N–H and O–H groups in total. The van der Waals surface area contributed by atoms with Crippen LogP contribution in [0.3, 0.4) is 0 Å². The van der Waals surface area contributed by atoms with Gasteiger partial charge in [0.25, 0.3) is 0 Å². The highest BCUT2D eigenvalue weighted by Gasteiger charge is 2.08. The Morgan fingerprint density at radius 1 is 1.10 bits per heavy atom. The fraction of sp³-hybridized carbons (Fsp3) is 0.412. The van der Waals surface area contributed by atoms with E-state index in [9.17, 15) is 5.11 Å². The Kier molecular flexibility index (Phi) is 4.99. The highest BCUT2D eigenvalue weighted by molar-refractivity contribution is 5.58. The molecule has 1 aromatic heterocycles. The van der Waals surface area contributed by atoms with Crippen LogP contribution in [-0.2, 0) is 6.54 Å². The van der Waals surface area contributed by atoms with Gasteiger partial charge in [-0.1, -0.05) is 31.2 Å². The third kappa shape index (κ3) is 3.71. The van der Waals surface area contributed by atoms with E-state index in [4.69, 9.17) is 4.42 Å². The van der Waals surface area contributed by atoms with Crippen LogP contribution in [0.1, 0.15) is 44.6 Å². The molecular formula is C17H24NO2+. The fourth-order valence-electron chi connectivity index (χ4n) is 2.05. The maximum Gasteiger partial charge on any atom is 0.158 e. The topological polar surface area (TPSA) is 50.0 Å². The summed E-state index contributed by atoms with van der Waals surface area (Å²) >= 11 is 0. The second-order valence-corrected chi connectivity index (χ2v) is 5.39. The van der Waals surface area contributed by atoms with E-state index in [0.29, 0.717) is 6.04 Å². The maximum atomic E-state index is 9.51. The second kappa shape index (κ2) is 6.73. The molecule has 1 heterocycles. The van der Waals surface area contributed by atoms with Crippen LogP contribution < -0.4 is 5.32 Å². The van der Waals surface area contributed by atoms with Crippen LogP contribution in [0.5, 0.6) is 0 Å². The van der Waals surface area contributed by atoms with Crippen LogP contribution in [0, 0.1) is 0 Å². The van der Waals surface area contributed by atoms with E-state index in [1.165, 1.54) is 0 Å². The highest BCUT2D eigenvalue weighted by Crippen LogP contribution is 2.23. The number of furan rings is 1. The average Bonchev–Trinajstić information content (AvgIpc) is 2.93. The summed E-state index contributed by atoms with van der Waals surface area (Å²) in [7, 11) is 0. The molecule has 2 rings (SSSR count). The number of quaternary nitrogens is 1. The summed E-state index contributed by atoms with van der Waals surface area (Å²) in [5.74, 6) is 1.88. The van der Waals surface area contributed by atoms with E-state index in [1.54, 1.807) is 6.92 Å². The first-order chi connectivity index (χ1) is 9.60. The van der Waals surface area contributed by atoms with Crippen LogP contribution in [-0.4, -0.2) is 11.1 Å². The van der Waals surface area contributed by atoms with Gasteiger partial charge in [0.15, 0.2) is 5.76 Å². The third-order valence-electron chi connectivity index (χ3n) is 3.70. The molecule has 2 atom stereocenters. The van der Waals surface area contributed by atoms with Crippen molar-refractivity contribution >= 4 is 0 Å². The van der Waals surface area contributed by atoms with Crippen molar-refractivity contribution < 1.29 is 14.8 Å². The Bertz CT molecular complexity index is 528. The van der Waals surface area contributed by atoms with E-state index in [2.05, 4.69) is 19.2 Å². The number of rotatable bonds is 6. The molecule has 1 aromatic carbocycles. The van der Waals surface area contributed by atoms with Gasteiger partial charge >= 0.3 is 0 Å². The van der Waals surface area contributed by atoms with E-state index >= 15 is 0 Å². The van der Waals surface area contributed by atoms with Gasteiger partial charge in [-0.05, 0) is 38.0 Å². The van der Waals surface area contributed by atoms with Crippen LogP contribution >= 0.6 is 0 Å². The molecule has 0 aliphatic heterocycles. The molecule has 108 valence electrons. The first-order valence-electron chi connectivity index (χ1n) is 7.30. The minimum Gasteiger partial charge on any atom is -0.455 e. The molecule has 0 unspecified atom stereocenters. The van der Waals surface area contributed by atoms with Crippen molar-refractivity contribution in [2.45, 2.75) is 45.9 Å². The van der Waals surface area contributed by atoms with E-state index in [1.807, 2.05) is 36.4 Å². The molecule has 0 fully saturated rings. The van der Waals surface area contributed by atoms with Crippen molar-refractivity contribution in [3.05, 3.63) is 47.7 Å². The van der Waals surface area contributed by atoms with Gasteiger partial charge in [0, 0.05) is 5.56 Å². The smallest absolute Gasteiger partial charge is 0.158 e. The molecular weight excluding hydrogens is 250 g/mol.